The quantitative estimate of drug-likeness (QED) is 0.899. The zero-order valence-electron chi connectivity index (χ0n) is 12.9. The molecule has 4 nitrogen and oxygen atoms in total. The van der Waals surface area contributed by atoms with Crippen molar-refractivity contribution in [2.75, 3.05) is 14.2 Å². The molecule has 112 valence electrons. The van der Waals surface area contributed by atoms with Crippen LogP contribution in [-0.2, 0) is 5.54 Å². The van der Waals surface area contributed by atoms with Gasteiger partial charge in [-0.05, 0) is 38.8 Å². The van der Waals surface area contributed by atoms with Crippen molar-refractivity contribution in [2.24, 2.45) is 5.73 Å². The summed E-state index contributed by atoms with van der Waals surface area (Å²) in [5.41, 5.74) is 7.31. The van der Waals surface area contributed by atoms with Crippen molar-refractivity contribution >= 4 is 0 Å². The Kier molecular flexibility index (Phi) is 4.43. The maximum Gasteiger partial charge on any atom is 0.203 e. The first-order valence-corrected chi connectivity index (χ1v) is 7.23. The number of rotatable bonds is 5. The minimum Gasteiger partial charge on any atom is -0.493 e. The van der Waals surface area contributed by atoms with E-state index in [9.17, 15) is 0 Å². The Morgan fingerprint density at radius 2 is 1.70 bits per heavy atom. The van der Waals surface area contributed by atoms with Crippen LogP contribution in [0, 0.1) is 0 Å². The van der Waals surface area contributed by atoms with Gasteiger partial charge in [-0.25, -0.2) is 0 Å². The minimum absolute atomic E-state index is 0.0553. The van der Waals surface area contributed by atoms with Crippen molar-refractivity contribution in [3.05, 3.63) is 17.7 Å². The summed E-state index contributed by atoms with van der Waals surface area (Å²) in [5, 5.41) is 0. The Labute approximate surface area is 121 Å². The summed E-state index contributed by atoms with van der Waals surface area (Å²) in [4.78, 5) is 0. The van der Waals surface area contributed by atoms with Crippen molar-refractivity contribution in [3.8, 4) is 17.2 Å². The summed E-state index contributed by atoms with van der Waals surface area (Å²) >= 11 is 0. The summed E-state index contributed by atoms with van der Waals surface area (Å²) in [6.07, 6.45) is 4.34. The summed E-state index contributed by atoms with van der Waals surface area (Å²) in [6, 6.07) is 3.93. The van der Waals surface area contributed by atoms with Crippen LogP contribution in [0.5, 0.6) is 17.2 Å². The van der Waals surface area contributed by atoms with Gasteiger partial charge in [0.2, 0.25) is 5.75 Å². The molecule has 2 N–H and O–H groups in total. The Bertz CT molecular complexity index is 465. The molecule has 1 aromatic carbocycles. The van der Waals surface area contributed by atoms with Crippen LogP contribution in [0.1, 0.15) is 45.1 Å². The molecule has 0 heterocycles. The van der Waals surface area contributed by atoms with E-state index in [-0.39, 0.29) is 11.6 Å². The van der Waals surface area contributed by atoms with Gasteiger partial charge in [-0.2, -0.15) is 0 Å². The molecule has 0 radical (unpaired) electrons. The van der Waals surface area contributed by atoms with E-state index in [1.807, 2.05) is 26.0 Å². The highest BCUT2D eigenvalue weighted by molar-refractivity contribution is 5.58. The standard InChI is InChI=1S/C16H25NO3/c1-11(2)20-14-12(16(17)9-5-6-10-16)7-8-13(18-3)15(14)19-4/h7-8,11H,5-6,9-10,17H2,1-4H3. The predicted octanol–water partition coefficient (Wildman–Crippen LogP) is 3.22. The van der Waals surface area contributed by atoms with Crippen molar-refractivity contribution in [2.45, 2.75) is 51.2 Å². The second kappa shape index (κ2) is 5.92. The summed E-state index contributed by atoms with van der Waals surface area (Å²) in [5.74, 6) is 2.04. The summed E-state index contributed by atoms with van der Waals surface area (Å²) < 4.78 is 16.9. The van der Waals surface area contributed by atoms with E-state index in [4.69, 9.17) is 19.9 Å². The molecule has 0 aromatic heterocycles. The number of benzene rings is 1. The van der Waals surface area contributed by atoms with Crippen molar-refractivity contribution in [1.29, 1.82) is 0 Å². The molecular weight excluding hydrogens is 254 g/mol. The van der Waals surface area contributed by atoms with E-state index in [1.165, 1.54) is 0 Å². The maximum absolute atomic E-state index is 6.60. The van der Waals surface area contributed by atoms with Gasteiger partial charge < -0.3 is 19.9 Å². The molecule has 1 aliphatic carbocycles. The third-order valence-electron chi connectivity index (χ3n) is 3.89. The molecule has 1 fully saturated rings. The van der Waals surface area contributed by atoms with Gasteiger partial charge in [0.25, 0.3) is 0 Å². The maximum atomic E-state index is 6.60. The van der Waals surface area contributed by atoms with Gasteiger partial charge in [-0.15, -0.1) is 0 Å². The van der Waals surface area contributed by atoms with E-state index >= 15 is 0 Å². The average Bonchev–Trinajstić information content (AvgIpc) is 2.85. The molecule has 0 unspecified atom stereocenters. The molecule has 20 heavy (non-hydrogen) atoms. The monoisotopic (exact) mass is 279 g/mol. The zero-order chi connectivity index (χ0) is 14.8. The molecule has 1 aliphatic rings. The first-order valence-electron chi connectivity index (χ1n) is 7.23. The van der Waals surface area contributed by atoms with Gasteiger partial charge in [0.05, 0.1) is 20.3 Å². The highest BCUT2D eigenvalue weighted by Crippen LogP contribution is 2.48. The Hall–Kier alpha value is -1.42. The van der Waals surface area contributed by atoms with Crippen LogP contribution in [0.4, 0.5) is 0 Å². The number of hydrogen-bond acceptors (Lipinski definition) is 4. The fraction of sp³-hybridized carbons (Fsp3) is 0.625. The fourth-order valence-electron chi connectivity index (χ4n) is 2.92. The second-order valence-corrected chi connectivity index (χ2v) is 5.71. The van der Waals surface area contributed by atoms with E-state index in [2.05, 4.69) is 0 Å². The molecule has 0 bridgehead atoms. The number of ether oxygens (including phenoxy) is 3. The SMILES string of the molecule is COc1ccc(C2(N)CCCC2)c(OC(C)C)c1OC. The molecule has 1 aromatic rings. The molecule has 0 atom stereocenters. The Morgan fingerprint density at radius 1 is 1.05 bits per heavy atom. The smallest absolute Gasteiger partial charge is 0.203 e. The van der Waals surface area contributed by atoms with Gasteiger partial charge in [0.15, 0.2) is 11.5 Å². The first kappa shape index (κ1) is 15.0. The van der Waals surface area contributed by atoms with E-state index in [0.29, 0.717) is 11.5 Å². The molecule has 4 heteroatoms. The Morgan fingerprint density at radius 3 is 2.20 bits per heavy atom. The van der Waals surface area contributed by atoms with Crippen LogP contribution in [-0.4, -0.2) is 20.3 Å². The van der Waals surface area contributed by atoms with Crippen LogP contribution in [0.15, 0.2) is 12.1 Å². The normalized spacial score (nSPS) is 17.3. The van der Waals surface area contributed by atoms with Crippen LogP contribution in [0.25, 0.3) is 0 Å². The molecule has 1 saturated carbocycles. The van der Waals surface area contributed by atoms with E-state index in [1.54, 1.807) is 14.2 Å². The predicted molar refractivity (Wildman–Crippen MR) is 79.6 cm³/mol. The van der Waals surface area contributed by atoms with Crippen LogP contribution in [0.2, 0.25) is 0 Å². The van der Waals surface area contributed by atoms with E-state index in [0.717, 1.165) is 37.0 Å². The topological polar surface area (TPSA) is 53.7 Å². The zero-order valence-corrected chi connectivity index (χ0v) is 12.9. The van der Waals surface area contributed by atoms with Gasteiger partial charge >= 0.3 is 0 Å². The largest absolute Gasteiger partial charge is 0.493 e. The number of nitrogens with two attached hydrogens (primary N) is 1. The number of hydrogen-bond donors (Lipinski definition) is 1. The summed E-state index contributed by atoms with van der Waals surface area (Å²) in [6.45, 7) is 4.00. The third-order valence-corrected chi connectivity index (χ3v) is 3.89. The van der Waals surface area contributed by atoms with Gasteiger partial charge in [0, 0.05) is 11.1 Å². The fourth-order valence-corrected chi connectivity index (χ4v) is 2.92. The molecule has 0 amide bonds. The third kappa shape index (κ3) is 2.70. The second-order valence-electron chi connectivity index (χ2n) is 5.71. The lowest BCUT2D eigenvalue weighted by Gasteiger charge is -2.29. The first-order chi connectivity index (χ1) is 9.51. The van der Waals surface area contributed by atoms with Gasteiger partial charge in [-0.3, -0.25) is 0 Å². The molecule has 0 spiro atoms. The van der Waals surface area contributed by atoms with Crippen molar-refractivity contribution in [3.63, 3.8) is 0 Å². The lowest BCUT2D eigenvalue weighted by molar-refractivity contribution is 0.218. The van der Waals surface area contributed by atoms with Crippen molar-refractivity contribution < 1.29 is 14.2 Å². The highest BCUT2D eigenvalue weighted by Gasteiger charge is 2.36. The molecular formula is C16H25NO3. The van der Waals surface area contributed by atoms with Crippen LogP contribution >= 0.6 is 0 Å². The lowest BCUT2D eigenvalue weighted by atomic mass is 9.88. The minimum atomic E-state index is -0.316. The van der Waals surface area contributed by atoms with Gasteiger partial charge in [0.1, 0.15) is 0 Å². The van der Waals surface area contributed by atoms with Gasteiger partial charge in [-0.1, -0.05) is 12.8 Å². The number of methoxy groups -OCH3 is 2. The van der Waals surface area contributed by atoms with Crippen LogP contribution in [0.3, 0.4) is 0 Å². The average molecular weight is 279 g/mol. The summed E-state index contributed by atoms with van der Waals surface area (Å²) in [7, 11) is 3.26. The Balaban J connectivity index is 2.55. The molecule has 2 rings (SSSR count). The van der Waals surface area contributed by atoms with Crippen LogP contribution < -0.4 is 19.9 Å². The highest BCUT2D eigenvalue weighted by atomic mass is 16.5. The van der Waals surface area contributed by atoms with Crippen molar-refractivity contribution in [1.82, 2.24) is 0 Å². The molecule has 0 aliphatic heterocycles. The lowest BCUT2D eigenvalue weighted by Crippen LogP contribution is -2.34. The van der Waals surface area contributed by atoms with E-state index < -0.39 is 0 Å². The molecule has 0 saturated heterocycles.